The summed E-state index contributed by atoms with van der Waals surface area (Å²) >= 11 is 0. The Bertz CT molecular complexity index is 2270. The molecule has 0 spiro atoms. The Morgan fingerprint density at radius 2 is 1.57 bits per heavy atom. The number of hydrogen-bond acceptors (Lipinski definition) is 15. The SMILES string of the molecule is CCOCCOCCOCCOCCN1CCN(C2CCN(C(=O)c3ncn(-c4ncc(OC)c5c(C(=O)C(=O)N6CCC(=C(C#N)c7ccccc7)CC6)c[nH]c45)n3)CC2)C(CO)C1. The molecule has 0 saturated carbocycles. The lowest BCUT2D eigenvalue weighted by Crippen LogP contribution is -2.60. The van der Waals surface area contributed by atoms with Gasteiger partial charge < -0.3 is 43.6 Å². The predicted octanol–water partition coefficient (Wildman–Crippen LogP) is 2.60. The molecule has 2 amide bonds. The second-order valence-corrected chi connectivity index (χ2v) is 16.1. The number of rotatable bonds is 21. The summed E-state index contributed by atoms with van der Waals surface area (Å²) in [4.78, 5) is 61.1. The fourth-order valence-electron chi connectivity index (χ4n) is 8.84. The number of H-pyrrole nitrogens is 1. The first kappa shape index (κ1) is 47.4. The van der Waals surface area contributed by atoms with Crippen molar-refractivity contribution in [1.82, 2.24) is 44.3 Å². The number of Topliss-reactive ketones (excluding diaryl/α,β-unsaturated/α-hetero) is 1. The van der Waals surface area contributed by atoms with E-state index in [1.165, 1.54) is 35.4 Å². The highest BCUT2D eigenvalue weighted by Gasteiger charge is 2.36. The number of aliphatic hydroxyl groups is 1. The van der Waals surface area contributed by atoms with E-state index in [0.29, 0.717) is 108 Å². The number of ether oxygens (including phenoxy) is 5. The molecule has 348 valence electrons. The molecule has 3 fully saturated rings. The van der Waals surface area contributed by atoms with Crippen molar-refractivity contribution in [1.29, 1.82) is 5.26 Å². The van der Waals surface area contributed by atoms with Crippen LogP contribution >= 0.6 is 0 Å². The van der Waals surface area contributed by atoms with Gasteiger partial charge in [0.25, 0.3) is 17.6 Å². The van der Waals surface area contributed by atoms with E-state index >= 15 is 0 Å². The summed E-state index contributed by atoms with van der Waals surface area (Å²) in [5.74, 6) is -1.09. The molecule has 3 aromatic heterocycles. The molecular formula is C46H60N10O9. The van der Waals surface area contributed by atoms with Crippen molar-refractivity contribution in [3.8, 4) is 17.6 Å². The number of nitrogens with zero attached hydrogens (tertiary/aromatic N) is 9. The molecule has 1 unspecified atom stereocenters. The number of aliphatic hydroxyl groups excluding tert-OH is 1. The van der Waals surface area contributed by atoms with Crippen molar-refractivity contribution >= 4 is 34.1 Å². The number of aromatic nitrogens is 5. The van der Waals surface area contributed by atoms with E-state index in [4.69, 9.17) is 23.7 Å². The highest BCUT2D eigenvalue weighted by atomic mass is 16.6. The monoisotopic (exact) mass is 896 g/mol. The lowest BCUT2D eigenvalue weighted by Gasteiger charge is -2.47. The molecule has 19 heteroatoms. The predicted molar refractivity (Wildman–Crippen MR) is 239 cm³/mol. The molecule has 1 aromatic carbocycles. The van der Waals surface area contributed by atoms with Gasteiger partial charge in [-0.05, 0) is 43.7 Å². The standard InChI is InChI=1S/C46H60N10O9/c1-3-62-21-22-64-25-26-65-24-23-63-20-19-52-17-18-55(36(30-52)31-57)35-11-15-54(16-12-35)46(60)43-50-32-56(51-43)44-41-40(39(61-2)29-49-44)38(28-48-41)42(58)45(59)53-13-9-34(10-14-53)37(27-47)33-7-5-4-6-8-33/h4-8,28-29,32,35-36,48,57H,3,9-26,30-31H2,1-2H3. The van der Waals surface area contributed by atoms with Gasteiger partial charge in [0.1, 0.15) is 12.1 Å². The number of methoxy groups -OCH3 is 1. The van der Waals surface area contributed by atoms with E-state index < -0.39 is 11.7 Å². The average Bonchev–Trinajstić information content (AvgIpc) is 4.03. The van der Waals surface area contributed by atoms with E-state index in [-0.39, 0.29) is 47.6 Å². The summed E-state index contributed by atoms with van der Waals surface area (Å²) in [6.45, 7) is 11.4. The summed E-state index contributed by atoms with van der Waals surface area (Å²) in [5, 5.41) is 25.1. The van der Waals surface area contributed by atoms with Crippen LogP contribution in [0.15, 0.2) is 54.6 Å². The maximum atomic E-state index is 13.8. The lowest BCUT2D eigenvalue weighted by atomic mass is 9.93. The second-order valence-electron chi connectivity index (χ2n) is 16.1. The number of amides is 2. The van der Waals surface area contributed by atoms with Crippen LogP contribution in [0.4, 0.5) is 0 Å². The van der Waals surface area contributed by atoms with Crippen molar-refractivity contribution in [3.05, 3.63) is 71.6 Å². The number of nitrogens with one attached hydrogen (secondary N) is 1. The van der Waals surface area contributed by atoms with Crippen LogP contribution in [0.1, 0.15) is 59.1 Å². The Labute approximate surface area is 378 Å². The van der Waals surface area contributed by atoms with Gasteiger partial charge in [-0.15, -0.1) is 5.10 Å². The van der Waals surface area contributed by atoms with E-state index in [9.17, 15) is 24.8 Å². The molecule has 0 aliphatic carbocycles. The van der Waals surface area contributed by atoms with Gasteiger partial charge in [0.15, 0.2) is 5.82 Å². The van der Waals surface area contributed by atoms with Crippen LogP contribution in [-0.2, 0) is 23.7 Å². The van der Waals surface area contributed by atoms with Gasteiger partial charge in [0.2, 0.25) is 5.82 Å². The number of aromatic amines is 1. The fourth-order valence-corrected chi connectivity index (χ4v) is 8.84. The van der Waals surface area contributed by atoms with Crippen molar-refractivity contribution in [2.75, 3.05) is 119 Å². The van der Waals surface area contributed by atoms with Crippen LogP contribution in [0.2, 0.25) is 0 Å². The Hall–Kier alpha value is -5.59. The molecule has 1 atom stereocenters. The minimum atomic E-state index is -0.706. The minimum Gasteiger partial charge on any atom is -0.494 e. The number of hydrogen-bond donors (Lipinski definition) is 2. The Kier molecular flexibility index (Phi) is 17.2. The van der Waals surface area contributed by atoms with Crippen LogP contribution in [0.25, 0.3) is 22.3 Å². The number of piperazine rings is 1. The molecule has 3 aliphatic heterocycles. The van der Waals surface area contributed by atoms with Crippen LogP contribution in [0.3, 0.4) is 0 Å². The van der Waals surface area contributed by atoms with E-state index in [1.54, 1.807) is 4.90 Å². The van der Waals surface area contributed by atoms with Crippen LogP contribution in [0.5, 0.6) is 5.75 Å². The first-order valence-electron chi connectivity index (χ1n) is 22.5. The third-order valence-corrected chi connectivity index (χ3v) is 12.3. The maximum absolute atomic E-state index is 13.8. The number of likely N-dealkylation sites (tertiary alicyclic amines) is 2. The van der Waals surface area contributed by atoms with Crippen molar-refractivity contribution in [2.24, 2.45) is 0 Å². The smallest absolute Gasteiger partial charge is 0.295 e. The topological polar surface area (TPSA) is 214 Å². The number of fused-ring (bicyclic) bond motifs is 1. The number of allylic oxidation sites excluding steroid dienone is 1. The number of ketones is 1. The highest BCUT2D eigenvalue weighted by Crippen LogP contribution is 2.33. The summed E-state index contributed by atoms with van der Waals surface area (Å²) in [5.41, 5.74) is 2.91. The normalized spacial score (nSPS) is 17.7. The highest BCUT2D eigenvalue weighted by molar-refractivity contribution is 6.45. The number of pyridine rings is 1. The summed E-state index contributed by atoms with van der Waals surface area (Å²) in [7, 11) is 1.46. The third-order valence-electron chi connectivity index (χ3n) is 12.3. The second kappa shape index (κ2) is 23.6. The molecule has 2 N–H and O–H groups in total. The molecule has 3 aliphatic rings. The average molecular weight is 897 g/mol. The zero-order valence-electron chi connectivity index (χ0n) is 37.4. The zero-order valence-corrected chi connectivity index (χ0v) is 37.4. The van der Waals surface area contributed by atoms with Crippen LogP contribution in [0, 0.1) is 11.3 Å². The van der Waals surface area contributed by atoms with Gasteiger partial charge in [-0.2, -0.15) is 9.94 Å². The first-order chi connectivity index (χ1) is 31.8. The summed E-state index contributed by atoms with van der Waals surface area (Å²) in [6, 6.07) is 12.0. The summed E-state index contributed by atoms with van der Waals surface area (Å²) < 4.78 is 29.0. The van der Waals surface area contributed by atoms with Gasteiger partial charge in [-0.1, -0.05) is 30.3 Å². The molecule has 6 heterocycles. The number of nitriles is 1. The van der Waals surface area contributed by atoms with E-state index in [2.05, 4.69) is 35.9 Å². The number of piperidine rings is 2. The third kappa shape index (κ3) is 11.6. The van der Waals surface area contributed by atoms with E-state index in [1.807, 2.05) is 37.3 Å². The first-order valence-corrected chi connectivity index (χ1v) is 22.5. The lowest BCUT2D eigenvalue weighted by molar-refractivity contribution is -0.126. The minimum absolute atomic E-state index is 0.00515. The van der Waals surface area contributed by atoms with Gasteiger partial charge in [0.05, 0.1) is 94.3 Å². The molecule has 3 saturated heterocycles. The van der Waals surface area contributed by atoms with E-state index in [0.717, 1.165) is 50.2 Å². The van der Waals surface area contributed by atoms with Gasteiger partial charge in [0, 0.05) is 77.2 Å². The fraction of sp³-hybridized carbons (Fsp3) is 0.543. The molecule has 0 bridgehead atoms. The van der Waals surface area contributed by atoms with Crippen LogP contribution < -0.4 is 4.74 Å². The molecule has 0 radical (unpaired) electrons. The molecule has 7 rings (SSSR count). The number of carbonyl (C=O) groups excluding carboxylic acids is 3. The Morgan fingerprint density at radius 3 is 2.23 bits per heavy atom. The van der Waals surface area contributed by atoms with Gasteiger partial charge >= 0.3 is 0 Å². The van der Waals surface area contributed by atoms with Crippen molar-refractivity contribution in [2.45, 2.75) is 44.7 Å². The van der Waals surface area contributed by atoms with Crippen molar-refractivity contribution < 1.29 is 43.2 Å². The summed E-state index contributed by atoms with van der Waals surface area (Å²) in [6.07, 6.45) is 6.79. The quantitative estimate of drug-likeness (QED) is 0.0533. The van der Waals surface area contributed by atoms with Gasteiger partial charge in [-0.25, -0.2) is 9.97 Å². The molecular weight excluding hydrogens is 837 g/mol. The molecule has 65 heavy (non-hydrogen) atoms. The largest absolute Gasteiger partial charge is 0.494 e. The van der Waals surface area contributed by atoms with Gasteiger partial charge in [-0.3, -0.25) is 24.2 Å². The number of benzene rings is 1. The molecule has 19 nitrogen and oxygen atoms in total. The molecule has 4 aromatic rings. The Balaban J connectivity index is 0.891. The number of carbonyl (C=O) groups is 3. The zero-order chi connectivity index (χ0) is 45.5. The van der Waals surface area contributed by atoms with Crippen molar-refractivity contribution in [3.63, 3.8) is 0 Å². The maximum Gasteiger partial charge on any atom is 0.295 e. The van der Waals surface area contributed by atoms with Crippen LogP contribution in [-0.4, -0.2) is 198 Å². The Morgan fingerprint density at radius 1 is 0.877 bits per heavy atom.